The van der Waals surface area contributed by atoms with Gasteiger partial charge in [-0.3, -0.25) is 4.79 Å². The predicted molar refractivity (Wildman–Crippen MR) is 129 cm³/mol. The number of hydrogen-bond donors (Lipinski definition) is 2. The van der Waals surface area contributed by atoms with Gasteiger partial charge in [-0.2, -0.15) is 5.26 Å². The Balaban J connectivity index is 1.57. The van der Waals surface area contributed by atoms with Crippen molar-refractivity contribution in [2.24, 2.45) is 0 Å². The van der Waals surface area contributed by atoms with E-state index in [9.17, 15) is 22.7 Å². The minimum atomic E-state index is -3.75. The highest BCUT2D eigenvalue weighted by atomic mass is 32.2. The zero-order valence-electron chi connectivity index (χ0n) is 19.4. The quantitative estimate of drug-likeness (QED) is 0.638. The Bertz CT molecular complexity index is 1260. The molecule has 4 rings (SSSR count). The van der Waals surface area contributed by atoms with Gasteiger partial charge in [0.15, 0.2) is 0 Å². The number of amides is 1. The number of rotatable bonds is 5. The third kappa shape index (κ3) is 5.24. The number of piperidine rings is 1. The molecule has 2 fully saturated rings. The SMILES string of the molecule is CNS(=O)(=O)c1ccc(N2CCCC(O)C2)c(C(=O)N2CCN(c3ccc(C#N)c(F)c3)CC2)c1. The molecule has 11 heteroatoms. The average Bonchev–Trinajstić information content (AvgIpc) is 2.88. The van der Waals surface area contributed by atoms with E-state index in [1.165, 1.54) is 31.3 Å². The maximum absolute atomic E-state index is 14.1. The van der Waals surface area contributed by atoms with Crippen LogP contribution in [0.3, 0.4) is 0 Å². The summed E-state index contributed by atoms with van der Waals surface area (Å²) >= 11 is 0. The first-order valence-corrected chi connectivity index (χ1v) is 13.0. The summed E-state index contributed by atoms with van der Waals surface area (Å²) in [6, 6.07) is 10.7. The van der Waals surface area contributed by atoms with Crippen LogP contribution in [0.25, 0.3) is 0 Å². The molecule has 2 aliphatic rings. The van der Waals surface area contributed by atoms with Crippen LogP contribution in [-0.2, 0) is 10.0 Å². The summed E-state index contributed by atoms with van der Waals surface area (Å²) in [5.41, 5.74) is 1.49. The van der Waals surface area contributed by atoms with E-state index >= 15 is 0 Å². The Hall–Kier alpha value is -3.20. The van der Waals surface area contributed by atoms with Crippen LogP contribution in [0, 0.1) is 17.1 Å². The van der Waals surface area contributed by atoms with Crippen molar-refractivity contribution >= 4 is 27.3 Å². The van der Waals surface area contributed by atoms with E-state index in [-0.39, 0.29) is 21.9 Å². The van der Waals surface area contributed by atoms with Crippen LogP contribution in [0.15, 0.2) is 41.3 Å². The third-order valence-electron chi connectivity index (χ3n) is 6.52. The monoisotopic (exact) mass is 501 g/mol. The van der Waals surface area contributed by atoms with Gasteiger partial charge in [-0.15, -0.1) is 0 Å². The van der Waals surface area contributed by atoms with Gasteiger partial charge < -0.3 is 19.8 Å². The van der Waals surface area contributed by atoms with Gasteiger partial charge in [0.05, 0.1) is 22.1 Å². The number of anilines is 2. The molecule has 0 saturated carbocycles. The summed E-state index contributed by atoms with van der Waals surface area (Å²) in [5.74, 6) is -0.877. The number of nitriles is 1. The van der Waals surface area contributed by atoms with E-state index in [0.717, 1.165) is 6.42 Å². The van der Waals surface area contributed by atoms with Gasteiger partial charge in [-0.05, 0) is 56.3 Å². The number of halogens is 1. The first kappa shape index (κ1) is 24.9. The Morgan fingerprint density at radius 2 is 1.86 bits per heavy atom. The second-order valence-corrected chi connectivity index (χ2v) is 10.6. The highest BCUT2D eigenvalue weighted by Crippen LogP contribution is 2.29. The average molecular weight is 502 g/mol. The van der Waals surface area contributed by atoms with Gasteiger partial charge in [0.1, 0.15) is 11.9 Å². The number of benzene rings is 2. The van der Waals surface area contributed by atoms with Crippen LogP contribution in [0.5, 0.6) is 0 Å². The smallest absolute Gasteiger partial charge is 0.256 e. The molecule has 1 amide bonds. The molecule has 0 aliphatic carbocycles. The number of β-amino-alcohol motifs (C(OH)–C–C–N with tert-alkyl or cyclic N) is 1. The third-order valence-corrected chi connectivity index (χ3v) is 7.93. The van der Waals surface area contributed by atoms with Crippen LogP contribution in [0.4, 0.5) is 15.8 Å². The molecular weight excluding hydrogens is 473 g/mol. The molecule has 1 atom stereocenters. The van der Waals surface area contributed by atoms with E-state index in [4.69, 9.17) is 5.26 Å². The van der Waals surface area contributed by atoms with Crippen molar-refractivity contribution in [3.05, 3.63) is 53.3 Å². The van der Waals surface area contributed by atoms with Gasteiger partial charge >= 0.3 is 0 Å². The fraction of sp³-hybridized carbons (Fsp3) is 0.417. The molecule has 35 heavy (non-hydrogen) atoms. The topological polar surface area (TPSA) is 117 Å². The van der Waals surface area contributed by atoms with Crippen molar-refractivity contribution in [2.75, 3.05) is 56.1 Å². The number of sulfonamides is 1. The molecular formula is C24H28FN5O4S. The molecule has 2 aromatic rings. The molecule has 2 aliphatic heterocycles. The van der Waals surface area contributed by atoms with E-state index in [0.29, 0.717) is 57.1 Å². The minimum absolute atomic E-state index is 0.00338. The van der Waals surface area contributed by atoms with Crippen LogP contribution >= 0.6 is 0 Å². The summed E-state index contributed by atoms with van der Waals surface area (Å²) in [6.07, 6.45) is 0.943. The van der Waals surface area contributed by atoms with Gasteiger partial charge in [0.2, 0.25) is 10.0 Å². The molecule has 2 N–H and O–H groups in total. The maximum Gasteiger partial charge on any atom is 0.256 e. The second-order valence-electron chi connectivity index (χ2n) is 8.68. The van der Waals surface area contributed by atoms with Gasteiger partial charge in [0.25, 0.3) is 5.91 Å². The molecule has 0 bridgehead atoms. The first-order valence-electron chi connectivity index (χ1n) is 11.5. The molecule has 0 spiro atoms. The summed E-state index contributed by atoms with van der Waals surface area (Å²) in [7, 11) is -2.44. The van der Waals surface area contributed by atoms with Gasteiger partial charge in [-0.25, -0.2) is 17.5 Å². The highest BCUT2D eigenvalue weighted by molar-refractivity contribution is 7.89. The van der Waals surface area contributed by atoms with Crippen molar-refractivity contribution in [2.45, 2.75) is 23.8 Å². The van der Waals surface area contributed by atoms with Crippen LogP contribution in [-0.4, -0.2) is 76.8 Å². The lowest BCUT2D eigenvalue weighted by Crippen LogP contribution is -2.49. The Labute approximate surface area is 204 Å². The van der Waals surface area contributed by atoms with Gasteiger partial charge in [0, 0.05) is 50.6 Å². The van der Waals surface area contributed by atoms with Crippen molar-refractivity contribution in [3.8, 4) is 6.07 Å². The van der Waals surface area contributed by atoms with Crippen LogP contribution < -0.4 is 14.5 Å². The number of aliphatic hydroxyl groups excluding tert-OH is 1. The largest absolute Gasteiger partial charge is 0.391 e. The number of carbonyl (C=O) groups excluding carboxylic acids is 1. The summed E-state index contributed by atoms with van der Waals surface area (Å²) in [4.78, 5) is 19.1. The lowest BCUT2D eigenvalue weighted by atomic mass is 10.0. The number of aliphatic hydroxyl groups is 1. The fourth-order valence-corrected chi connectivity index (χ4v) is 5.31. The molecule has 2 heterocycles. The lowest BCUT2D eigenvalue weighted by Gasteiger charge is -2.38. The van der Waals surface area contributed by atoms with Crippen molar-refractivity contribution in [1.29, 1.82) is 5.26 Å². The van der Waals surface area contributed by atoms with Gasteiger partial charge in [-0.1, -0.05) is 0 Å². The van der Waals surface area contributed by atoms with E-state index in [1.807, 2.05) is 9.80 Å². The normalized spacial score (nSPS) is 18.9. The molecule has 1 unspecified atom stereocenters. The molecule has 2 saturated heterocycles. The summed E-state index contributed by atoms with van der Waals surface area (Å²) in [6.45, 7) is 2.69. The number of nitrogens with one attached hydrogen (secondary N) is 1. The zero-order valence-corrected chi connectivity index (χ0v) is 20.3. The van der Waals surface area contributed by atoms with E-state index in [2.05, 4.69) is 4.72 Å². The van der Waals surface area contributed by atoms with Crippen molar-refractivity contribution < 1.29 is 22.7 Å². The number of hydrogen-bond acceptors (Lipinski definition) is 7. The Kier molecular flexibility index (Phi) is 7.25. The Morgan fingerprint density at radius 3 is 2.49 bits per heavy atom. The minimum Gasteiger partial charge on any atom is -0.391 e. The highest BCUT2D eigenvalue weighted by Gasteiger charge is 2.29. The molecule has 0 aromatic heterocycles. The zero-order chi connectivity index (χ0) is 25.2. The number of nitrogens with zero attached hydrogens (tertiary/aromatic N) is 4. The lowest BCUT2D eigenvalue weighted by molar-refractivity contribution is 0.0746. The number of piperazine rings is 1. The van der Waals surface area contributed by atoms with Crippen molar-refractivity contribution in [1.82, 2.24) is 9.62 Å². The maximum atomic E-state index is 14.1. The van der Waals surface area contributed by atoms with Crippen molar-refractivity contribution in [3.63, 3.8) is 0 Å². The fourth-order valence-electron chi connectivity index (χ4n) is 4.55. The summed E-state index contributed by atoms with van der Waals surface area (Å²) < 4.78 is 41.2. The van der Waals surface area contributed by atoms with E-state index in [1.54, 1.807) is 23.1 Å². The predicted octanol–water partition coefficient (Wildman–Crippen LogP) is 1.53. The Morgan fingerprint density at radius 1 is 1.11 bits per heavy atom. The summed E-state index contributed by atoms with van der Waals surface area (Å²) in [5, 5.41) is 19.1. The standard InChI is InChI=1S/C24H28FN5O4S/c1-27-35(33,34)20-6-7-23(30-8-2-3-19(31)16-30)21(14-20)24(32)29-11-9-28(10-12-29)18-5-4-17(15-26)22(25)13-18/h4-7,13-14,19,27,31H,2-3,8-12,16H2,1H3. The molecule has 186 valence electrons. The van der Waals surface area contributed by atoms with Crippen LogP contribution in [0.1, 0.15) is 28.8 Å². The van der Waals surface area contributed by atoms with E-state index < -0.39 is 21.9 Å². The molecule has 2 aromatic carbocycles. The second kappa shape index (κ2) is 10.2. The first-order chi connectivity index (χ1) is 16.7. The molecule has 9 nitrogen and oxygen atoms in total. The van der Waals surface area contributed by atoms with Crippen LogP contribution in [0.2, 0.25) is 0 Å². The number of carbonyl (C=O) groups is 1. The molecule has 0 radical (unpaired) electrons.